The molecule has 16 heavy (non-hydrogen) atoms. The van der Waals surface area contributed by atoms with E-state index in [1.807, 2.05) is 4.68 Å². The van der Waals surface area contributed by atoms with Crippen LogP contribution in [0.25, 0.3) is 0 Å². The molecule has 1 rings (SSSR count). The molecule has 1 heterocycles. The number of aromatic nitrogens is 4. The van der Waals surface area contributed by atoms with Crippen molar-refractivity contribution in [2.24, 2.45) is 5.92 Å². The lowest BCUT2D eigenvalue weighted by Gasteiger charge is -2.09. The van der Waals surface area contributed by atoms with E-state index < -0.39 is 0 Å². The van der Waals surface area contributed by atoms with Crippen molar-refractivity contribution in [2.75, 3.05) is 26.4 Å². The average Bonchev–Trinajstić information content (AvgIpc) is 2.62. The summed E-state index contributed by atoms with van der Waals surface area (Å²) < 4.78 is 1.88. The van der Waals surface area contributed by atoms with E-state index in [1.165, 1.54) is 6.42 Å². The minimum absolute atomic E-state index is 0.735. The van der Waals surface area contributed by atoms with Gasteiger partial charge in [0.05, 0.1) is 6.54 Å². The van der Waals surface area contributed by atoms with Crippen LogP contribution in [-0.4, -0.2) is 51.5 Å². The summed E-state index contributed by atoms with van der Waals surface area (Å²) in [6, 6.07) is 0. The predicted octanol–water partition coefficient (Wildman–Crippen LogP) is 1.37. The van der Waals surface area contributed by atoms with Gasteiger partial charge in [-0.3, -0.25) is 0 Å². The first-order valence-corrected chi connectivity index (χ1v) is 6.62. The fourth-order valence-corrected chi connectivity index (χ4v) is 2.26. The van der Waals surface area contributed by atoms with Gasteiger partial charge in [0, 0.05) is 12.3 Å². The van der Waals surface area contributed by atoms with E-state index in [4.69, 9.17) is 0 Å². The van der Waals surface area contributed by atoms with E-state index in [-0.39, 0.29) is 0 Å². The zero-order valence-corrected chi connectivity index (χ0v) is 11.4. The zero-order valence-electron chi connectivity index (χ0n) is 10.6. The van der Waals surface area contributed by atoms with Crippen LogP contribution >= 0.6 is 11.8 Å². The molecule has 0 bridgehead atoms. The van der Waals surface area contributed by atoms with E-state index in [1.54, 1.807) is 11.8 Å². The Morgan fingerprint density at radius 2 is 2.12 bits per heavy atom. The molecule has 0 spiro atoms. The lowest BCUT2D eigenvalue weighted by atomic mass is 10.2. The summed E-state index contributed by atoms with van der Waals surface area (Å²) in [4.78, 5) is 2.13. The van der Waals surface area contributed by atoms with Crippen LogP contribution in [0.1, 0.15) is 20.3 Å². The Morgan fingerprint density at radius 3 is 2.75 bits per heavy atom. The van der Waals surface area contributed by atoms with Crippen LogP contribution in [0.4, 0.5) is 0 Å². The van der Waals surface area contributed by atoms with Crippen LogP contribution in [-0.2, 0) is 6.54 Å². The van der Waals surface area contributed by atoms with E-state index in [0.717, 1.165) is 29.9 Å². The highest BCUT2D eigenvalue weighted by Gasteiger charge is 2.07. The molecular formula is C10H21N5S. The van der Waals surface area contributed by atoms with Gasteiger partial charge in [0.15, 0.2) is 0 Å². The first-order valence-electron chi connectivity index (χ1n) is 5.63. The van der Waals surface area contributed by atoms with Gasteiger partial charge < -0.3 is 4.90 Å². The molecule has 1 aromatic heterocycles. The van der Waals surface area contributed by atoms with E-state index >= 15 is 0 Å². The molecule has 0 unspecified atom stereocenters. The van der Waals surface area contributed by atoms with E-state index in [0.29, 0.717) is 0 Å². The summed E-state index contributed by atoms with van der Waals surface area (Å²) in [5.41, 5.74) is 0. The number of hydrogen-bond donors (Lipinski definition) is 0. The van der Waals surface area contributed by atoms with Crippen molar-refractivity contribution in [3.8, 4) is 0 Å². The molecule has 5 nitrogen and oxygen atoms in total. The van der Waals surface area contributed by atoms with E-state index in [2.05, 4.69) is 48.4 Å². The fourth-order valence-electron chi connectivity index (χ4n) is 1.12. The van der Waals surface area contributed by atoms with Gasteiger partial charge in [-0.2, -0.15) is 0 Å². The summed E-state index contributed by atoms with van der Waals surface area (Å²) in [5.74, 6) is 1.82. The Kier molecular flexibility index (Phi) is 5.76. The molecule has 0 aliphatic rings. The number of tetrazole rings is 1. The summed E-state index contributed by atoms with van der Waals surface area (Å²) in [6.45, 7) is 6.28. The molecule has 0 saturated heterocycles. The third-order valence-electron chi connectivity index (χ3n) is 2.18. The molecule has 0 N–H and O–H groups in total. The summed E-state index contributed by atoms with van der Waals surface area (Å²) in [6.07, 6.45) is 1.20. The molecule has 0 fully saturated rings. The van der Waals surface area contributed by atoms with Gasteiger partial charge in [-0.1, -0.05) is 25.6 Å². The molecule has 0 aliphatic heterocycles. The SMILES string of the molecule is CC(C)CCSc1nnnn1CCN(C)C. The van der Waals surface area contributed by atoms with Crippen LogP contribution < -0.4 is 0 Å². The van der Waals surface area contributed by atoms with Crippen LogP contribution in [0.3, 0.4) is 0 Å². The molecule has 0 aromatic carbocycles. The van der Waals surface area contributed by atoms with Crippen molar-refractivity contribution < 1.29 is 0 Å². The zero-order chi connectivity index (χ0) is 12.0. The third-order valence-corrected chi connectivity index (χ3v) is 3.17. The second-order valence-corrected chi connectivity index (χ2v) is 5.58. The molecule has 1 aromatic rings. The topological polar surface area (TPSA) is 46.8 Å². The summed E-state index contributed by atoms with van der Waals surface area (Å²) in [7, 11) is 4.10. The average molecular weight is 243 g/mol. The first kappa shape index (κ1) is 13.4. The van der Waals surface area contributed by atoms with Crippen molar-refractivity contribution >= 4 is 11.8 Å². The quantitative estimate of drug-likeness (QED) is 0.677. The Balaban J connectivity index is 2.38. The molecule has 0 atom stereocenters. The summed E-state index contributed by atoms with van der Waals surface area (Å²) in [5, 5.41) is 12.7. The van der Waals surface area contributed by atoms with Crippen molar-refractivity contribution in [2.45, 2.75) is 32.0 Å². The smallest absolute Gasteiger partial charge is 0.209 e. The van der Waals surface area contributed by atoms with Crippen molar-refractivity contribution in [1.82, 2.24) is 25.1 Å². The molecule has 92 valence electrons. The highest BCUT2D eigenvalue weighted by Crippen LogP contribution is 2.16. The van der Waals surface area contributed by atoms with Gasteiger partial charge >= 0.3 is 0 Å². The minimum atomic E-state index is 0.735. The number of thioether (sulfide) groups is 1. The Bertz CT molecular complexity index is 297. The molecule has 0 amide bonds. The Morgan fingerprint density at radius 1 is 1.38 bits per heavy atom. The largest absolute Gasteiger partial charge is 0.308 e. The predicted molar refractivity (Wildman–Crippen MR) is 66.6 cm³/mol. The molecule has 0 radical (unpaired) electrons. The lowest BCUT2D eigenvalue weighted by Crippen LogP contribution is -2.19. The number of hydrogen-bond acceptors (Lipinski definition) is 5. The standard InChI is InChI=1S/C10H21N5S/c1-9(2)5-8-16-10-11-12-13-15(10)7-6-14(3)4/h9H,5-8H2,1-4H3. The molecule has 6 heteroatoms. The van der Waals surface area contributed by atoms with E-state index in [9.17, 15) is 0 Å². The second-order valence-electron chi connectivity index (χ2n) is 4.52. The minimum Gasteiger partial charge on any atom is -0.308 e. The maximum Gasteiger partial charge on any atom is 0.209 e. The molecule has 0 aliphatic carbocycles. The number of likely N-dealkylation sites (N-methyl/N-ethyl adjacent to an activating group) is 1. The number of rotatable bonds is 7. The monoisotopic (exact) mass is 243 g/mol. The lowest BCUT2D eigenvalue weighted by molar-refractivity contribution is 0.361. The second kappa shape index (κ2) is 6.85. The summed E-state index contributed by atoms with van der Waals surface area (Å²) >= 11 is 1.74. The maximum absolute atomic E-state index is 4.04. The Labute approximate surface area is 102 Å². The van der Waals surface area contributed by atoms with Gasteiger partial charge in [-0.05, 0) is 36.9 Å². The Hall–Kier alpha value is -0.620. The highest BCUT2D eigenvalue weighted by atomic mass is 32.2. The van der Waals surface area contributed by atoms with Gasteiger partial charge in [0.1, 0.15) is 0 Å². The van der Waals surface area contributed by atoms with Gasteiger partial charge in [0.2, 0.25) is 5.16 Å². The van der Waals surface area contributed by atoms with Crippen LogP contribution in [0.15, 0.2) is 5.16 Å². The third kappa shape index (κ3) is 4.94. The van der Waals surface area contributed by atoms with Crippen LogP contribution in [0, 0.1) is 5.92 Å². The molecular weight excluding hydrogens is 222 g/mol. The highest BCUT2D eigenvalue weighted by molar-refractivity contribution is 7.99. The van der Waals surface area contributed by atoms with Gasteiger partial charge in [0.25, 0.3) is 0 Å². The van der Waals surface area contributed by atoms with Crippen LogP contribution in [0.2, 0.25) is 0 Å². The van der Waals surface area contributed by atoms with Crippen molar-refractivity contribution in [3.63, 3.8) is 0 Å². The fraction of sp³-hybridized carbons (Fsp3) is 0.900. The molecule has 0 saturated carbocycles. The number of nitrogens with zero attached hydrogens (tertiary/aromatic N) is 5. The normalized spacial score (nSPS) is 11.6. The van der Waals surface area contributed by atoms with Gasteiger partial charge in [-0.15, -0.1) is 5.10 Å². The maximum atomic E-state index is 4.04. The van der Waals surface area contributed by atoms with Crippen molar-refractivity contribution in [3.05, 3.63) is 0 Å². The van der Waals surface area contributed by atoms with Crippen molar-refractivity contribution in [1.29, 1.82) is 0 Å². The first-order chi connectivity index (χ1) is 7.59. The van der Waals surface area contributed by atoms with Gasteiger partial charge in [-0.25, -0.2) is 4.68 Å². The van der Waals surface area contributed by atoms with Crippen LogP contribution in [0.5, 0.6) is 0 Å².